The summed E-state index contributed by atoms with van der Waals surface area (Å²) in [5.74, 6) is -0.0590. The lowest BCUT2D eigenvalue weighted by Gasteiger charge is -2.56. The second-order valence-electron chi connectivity index (χ2n) is 6.78. The lowest BCUT2D eigenvalue weighted by molar-refractivity contribution is -0.140. The molecule has 1 heterocycles. The maximum atomic E-state index is 12.3. The Morgan fingerprint density at radius 1 is 1.36 bits per heavy atom. The third kappa shape index (κ3) is 2.78. The number of hydrogen-bond acceptors (Lipinski definition) is 5. The van der Waals surface area contributed by atoms with E-state index in [4.69, 9.17) is 4.74 Å². The van der Waals surface area contributed by atoms with Crippen molar-refractivity contribution in [2.45, 2.75) is 57.1 Å². The number of carbonyl (C=O) groups excluding carboxylic acids is 1. The van der Waals surface area contributed by atoms with Crippen molar-refractivity contribution in [3.8, 4) is 0 Å². The van der Waals surface area contributed by atoms with Gasteiger partial charge in [0.1, 0.15) is 0 Å². The van der Waals surface area contributed by atoms with Gasteiger partial charge in [0.2, 0.25) is 10.0 Å². The van der Waals surface area contributed by atoms with E-state index in [9.17, 15) is 13.2 Å². The molecule has 126 valence electrons. The van der Waals surface area contributed by atoms with Crippen molar-refractivity contribution in [2.24, 2.45) is 11.3 Å². The number of ether oxygens (including phenoxy) is 2. The van der Waals surface area contributed by atoms with E-state index in [1.165, 1.54) is 7.11 Å². The quantitative estimate of drug-likeness (QED) is 0.740. The summed E-state index contributed by atoms with van der Waals surface area (Å²) in [5.41, 5.74) is 0.0244. The zero-order valence-electron chi connectivity index (χ0n) is 13.0. The number of carbonyl (C=O) groups is 1. The summed E-state index contributed by atoms with van der Waals surface area (Å²) in [6.07, 6.45) is 6.07. The predicted octanol–water partition coefficient (Wildman–Crippen LogP) is 1.21. The summed E-state index contributed by atoms with van der Waals surface area (Å²) in [4.78, 5) is 11.1. The Kier molecular flexibility index (Phi) is 4.49. The maximum Gasteiger partial charge on any atom is 0.305 e. The SMILES string of the molecule is COC(=O)CCCS(=O)(=O)N[C@@H]1[C@@H]2CCO[C@H]2C12CCCC2. The topological polar surface area (TPSA) is 81.7 Å². The minimum absolute atomic E-state index is 0.0191. The van der Waals surface area contributed by atoms with E-state index < -0.39 is 10.0 Å². The van der Waals surface area contributed by atoms with Crippen LogP contribution in [0.3, 0.4) is 0 Å². The molecule has 6 nitrogen and oxygen atoms in total. The summed E-state index contributed by atoms with van der Waals surface area (Å²) < 4.78 is 38.0. The molecule has 1 saturated heterocycles. The predicted molar refractivity (Wildman–Crippen MR) is 80.7 cm³/mol. The van der Waals surface area contributed by atoms with Crippen molar-refractivity contribution in [1.82, 2.24) is 4.72 Å². The van der Waals surface area contributed by atoms with Gasteiger partial charge in [-0.3, -0.25) is 4.79 Å². The zero-order chi connectivity index (χ0) is 15.8. The molecule has 1 aliphatic heterocycles. The molecule has 2 saturated carbocycles. The first-order chi connectivity index (χ1) is 10.5. The molecule has 3 atom stereocenters. The molecule has 0 unspecified atom stereocenters. The van der Waals surface area contributed by atoms with Gasteiger partial charge in [0.15, 0.2) is 0 Å². The van der Waals surface area contributed by atoms with Crippen LogP contribution in [0.4, 0.5) is 0 Å². The summed E-state index contributed by atoms with van der Waals surface area (Å²) in [6.45, 7) is 0.748. The molecular formula is C15H25NO5S. The standard InChI is InChI=1S/C15H25NO5S/c1-20-12(17)5-4-10-22(18,19)16-13-11-6-9-21-14(11)15(13)7-2-3-8-15/h11,13-14,16H,2-10H2,1H3/t11-,13+,14+/m0/s1. The third-order valence-electron chi connectivity index (χ3n) is 5.61. The highest BCUT2D eigenvalue weighted by molar-refractivity contribution is 7.89. The van der Waals surface area contributed by atoms with Gasteiger partial charge in [-0.2, -0.15) is 0 Å². The number of sulfonamides is 1. The Labute approximate surface area is 132 Å². The summed E-state index contributed by atoms with van der Waals surface area (Å²) >= 11 is 0. The van der Waals surface area contributed by atoms with Gasteiger partial charge in [0.05, 0.1) is 19.0 Å². The molecule has 0 radical (unpaired) electrons. The molecule has 3 fully saturated rings. The lowest BCUT2D eigenvalue weighted by Crippen LogP contribution is -2.68. The summed E-state index contributed by atoms with van der Waals surface area (Å²) in [7, 11) is -2.05. The van der Waals surface area contributed by atoms with Gasteiger partial charge in [0.25, 0.3) is 0 Å². The normalized spacial score (nSPS) is 32.7. The fourth-order valence-corrected chi connectivity index (χ4v) is 6.06. The molecule has 1 N–H and O–H groups in total. The van der Waals surface area contributed by atoms with Crippen LogP contribution in [0.2, 0.25) is 0 Å². The Balaban J connectivity index is 1.60. The van der Waals surface area contributed by atoms with E-state index in [0.717, 1.165) is 38.7 Å². The van der Waals surface area contributed by atoms with Crippen molar-refractivity contribution in [3.63, 3.8) is 0 Å². The molecule has 0 bridgehead atoms. The molecule has 3 aliphatic rings. The van der Waals surface area contributed by atoms with Crippen LogP contribution in [0.1, 0.15) is 44.9 Å². The molecule has 22 heavy (non-hydrogen) atoms. The van der Waals surface area contributed by atoms with Crippen LogP contribution in [0, 0.1) is 11.3 Å². The lowest BCUT2D eigenvalue weighted by atomic mass is 9.55. The number of esters is 1. The van der Waals surface area contributed by atoms with Gasteiger partial charge in [0, 0.05) is 30.4 Å². The molecular weight excluding hydrogens is 306 g/mol. The van der Waals surface area contributed by atoms with Crippen molar-refractivity contribution in [3.05, 3.63) is 0 Å². The second kappa shape index (κ2) is 6.09. The Bertz CT molecular complexity index is 526. The molecule has 0 amide bonds. The molecule has 0 aromatic rings. The van der Waals surface area contributed by atoms with Crippen LogP contribution in [0.25, 0.3) is 0 Å². The van der Waals surface area contributed by atoms with E-state index in [2.05, 4.69) is 9.46 Å². The fourth-order valence-electron chi connectivity index (χ4n) is 4.62. The van der Waals surface area contributed by atoms with Crippen LogP contribution in [0.15, 0.2) is 0 Å². The van der Waals surface area contributed by atoms with Crippen molar-refractivity contribution >= 4 is 16.0 Å². The number of nitrogens with one attached hydrogen (secondary N) is 1. The second-order valence-corrected chi connectivity index (χ2v) is 8.65. The first-order valence-electron chi connectivity index (χ1n) is 8.17. The highest BCUT2D eigenvalue weighted by Gasteiger charge is 2.65. The van der Waals surface area contributed by atoms with Gasteiger partial charge in [-0.15, -0.1) is 0 Å². The van der Waals surface area contributed by atoms with Gasteiger partial charge >= 0.3 is 5.97 Å². The average molecular weight is 331 g/mol. The smallest absolute Gasteiger partial charge is 0.305 e. The number of methoxy groups -OCH3 is 1. The van der Waals surface area contributed by atoms with Crippen molar-refractivity contribution < 1.29 is 22.7 Å². The van der Waals surface area contributed by atoms with Gasteiger partial charge in [-0.1, -0.05) is 12.8 Å². The minimum atomic E-state index is -3.36. The molecule has 3 rings (SSSR count). The van der Waals surface area contributed by atoms with Gasteiger partial charge in [-0.05, 0) is 25.7 Å². The molecule has 7 heteroatoms. The Hall–Kier alpha value is -0.660. The Morgan fingerprint density at radius 2 is 2.09 bits per heavy atom. The third-order valence-corrected chi connectivity index (χ3v) is 7.05. The molecule has 0 aromatic heterocycles. The minimum Gasteiger partial charge on any atom is -0.469 e. The first-order valence-corrected chi connectivity index (χ1v) is 9.82. The van der Waals surface area contributed by atoms with Crippen molar-refractivity contribution in [2.75, 3.05) is 19.5 Å². The monoisotopic (exact) mass is 331 g/mol. The van der Waals surface area contributed by atoms with Crippen molar-refractivity contribution in [1.29, 1.82) is 0 Å². The summed E-state index contributed by atoms with van der Waals surface area (Å²) in [5, 5.41) is 0. The van der Waals surface area contributed by atoms with Gasteiger partial charge in [-0.25, -0.2) is 13.1 Å². The van der Waals surface area contributed by atoms with E-state index >= 15 is 0 Å². The number of rotatable bonds is 6. The average Bonchev–Trinajstić information content (AvgIpc) is 3.13. The molecule has 2 aliphatic carbocycles. The first kappa shape index (κ1) is 16.2. The van der Waals surface area contributed by atoms with Crippen LogP contribution in [-0.4, -0.2) is 46.0 Å². The Morgan fingerprint density at radius 3 is 2.77 bits per heavy atom. The van der Waals surface area contributed by atoms with E-state index in [-0.39, 0.29) is 35.7 Å². The van der Waals surface area contributed by atoms with Crippen LogP contribution >= 0.6 is 0 Å². The molecule has 1 spiro atoms. The highest BCUT2D eigenvalue weighted by Crippen LogP contribution is 2.60. The van der Waals surface area contributed by atoms with Gasteiger partial charge < -0.3 is 9.47 Å². The van der Waals surface area contributed by atoms with Crippen LogP contribution in [-0.2, 0) is 24.3 Å². The van der Waals surface area contributed by atoms with Crippen LogP contribution < -0.4 is 4.72 Å². The highest BCUT2D eigenvalue weighted by atomic mass is 32.2. The van der Waals surface area contributed by atoms with Crippen LogP contribution in [0.5, 0.6) is 0 Å². The zero-order valence-corrected chi connectivity index (χ0v) is 13.9. The van der Waals surface area contributed by atoms with E-state index in [0.29, 0.717) is 12.3 Å². The number of fused-ring (bicyclic) bond motifs is 2. The number of hydrogen-bond donors (Lipinski definition) is 1. The largest absolute Gasteiger partial charge is 0.469 e. The van der Waals surface area contributed by atoms with E-state index in [1.807, 2.05) is 0 Å². The summed E-state index contributed by atoms with van der Waals surface area (Å²) in [6, 6.07) is 0.0191. The fraction of sp³-hybridized carbons (Fsp3) is 0.933. The maximum absolute atomic E-state index is 12.3. The molecule has 0 aromatic carbocycles. The van der Waals surface area contributed by atoms with E-state index in [1.54, 1.807) is 0 Å².